The first-order valence-electron chi connectivity index (χ1n) is 5.16. The van der Waals surface area contributed by atoms with Gasteiger partial charge in [0.15, 0.2) is 6.29 Å². The SMILES string of the molecule is COC(OC)C(C)Nc1ccc(F)cc1C. The lowest BCUT2D eigenvalue weighted by Crippen LogP contribution is -2.33. The second kappa shape index (κ2) is 5.82. The first kappa shape index (κ1) is 12.9. The third-order valence-electron chi connectivity index (χ3n) is 2.44. The van der Waals surface area contributed by atoms with Crippen molar-refractivity contribution in [3.05, 3.63) is 29.6 Å². The van der Waals surface area contributed by atoms with Crippen LogP contribution in [0.25, 0.3) is 0 Å². The number of aryl methyl sites for hydroxylation is 1. The molecule has 1 rings (SSSR count). The Labute approximate surface area is 95.6 Å². The molecule has 0 aromatic heterocycles. The molecule has 90 valence electrons. The molecule has 1 aromatic carbocycles. The van der Waals surface area contributed by atoms with Crippen molar-refractivity contribution in [3.63, 3.8) is 0 Å². The summed E-state index contributed by atoms with van der Waals surface area (Å²) in [5.74, 6) is -0.231. The van der Waals surface area contributed by atoms with E-state index in [-0.39, 0.29) is 18.1 Å². The van der Waals surface area contributed by atoms with Crippen molar-refractivity contribution in [2.75, 3.05) is 19.5 Å². The van der Waals surface area contributed by atoms with Crippen LogP contribution in [0.2, 0.25) is 0 Å². The van der Waals surface area contributed by atoms with Crippen molar-refractivity contribution < 1.29 is 13.9 Å². The standard InChI is InChI=1S/C12H18FNO2/c1-8-7-10(13)5-6-11(8)14-9(2)12(15-3)16-4/h5-7,9,12,14H,1-4H3. The molecule has 0 saturated heterocycles. The highest BCUT2D eigenvalue weighted by molar-refractivity contribution is 5.51. The number of anilines is 1. The summed E-state index contributed by atoms with van der Waals surface area (Å²) < 4.78 is 23.2. The summed E-state index contributed by atoms with van der Waals surface area (Å²) in [6, 6.07) is 4.61. The summed E-state index contributed by atoms with van der Waals surface area (Å²) in [6.45, 7) is 3.80. The molecular formula is C12H18FNO2. The average molecular weight is 227 g/mol. The van der Waals surface area contributed by atoms with Crippen molar-refractivity contribution in [1.29, 1.82) is 0 Å². The van der Waals surface area contributed by atoms with E-state index in [1.807, 2.05) is 13.8 Å². The molecule has 1 atom stereocenters. The van der Waals surface area contributed by atoms with Gasteiger partial charge in [-0.2, -0.15) is 0 Å². The largest absolute Gasteiger partial charge is 0.377 e. The van der Waals surface area contributed by atoms with E-state index in [1.54, 1.807) is 20.3 Å². The minimum Gasteiger partial charge on any atom is -0.377 e. The Morgan fingerprint density at radius 1 is 1.25 bits per heavy atom. The maximum atomic E-state index is 12.9. The summed E-state index contributed by atoms with van der Waals surface area (Å²) in [6.07, 6.45) is -0.329. The van der Waals surface area contributed by atoms with Gasteiger partial charge in [0.1, 0.15) is 5.82 Å². The minimum atomic E-state index is -0.329. The summed E-state index contributed by atoms with van der Waals surface area (Å²) in [5.41, 5.74) is 1.74. The van der Waals surface area contributed by atoms with Gasteiger partial charge in [-0.1, -0.05) is 0 Å². The highest BCUT2D eigenvalue weighted by atomic mass is 19.1. The highest BCUT2D eigenvalue weighted by Gasteiger charge is 2.15. The first-order chi connectivity index (χ1) is 7.58. The Bertz CT molecular complexity index is 340. The predicted molar refractivity (Wildman–Crippen MR) is 62.0 cm³/mol. The zero-order valence-corrected chi connectivity index (χ0v) is 10.1. The molecule has 0 aliphatic rings. The van der Waals surface area contributed by atoms with E-state index in [0.717, 1.165) is 11.3 Å². The minimum absolute atomic E-state index is 0.0147. The number of methoxy groups -OCH3 is 2. The van der Waals surface area contributed by atoms with Crippen LogP contribution in [0.4, 0.5) is 10.1 Å². The maximum Gasteiger partial charge on any atom is 0.176 e. The maximum absolute atomic E-state index is 12.9. The third-order valence-corrected chi connectivity index (χ3v) is 2.44. The molecule has 0 radical (unpaired) electrons. The average Bonchev–Trinajstić information content (AvgIpc) is 2.24. The number of benzene rings is 1. The summed E-state index contributed by atoms with van der Waals surface area (Å²) in [7, 11) is 3.17. The predicted octanol–water partition coefficient (Wildman–Crippen LogP) is 2.55. The van der Waals surface area contributed by atoms with E-state index in [2.05, 4.69) is 5.32 Å². The van der Waals surface area contributed by atoms with Crippen LogP contribution in [0, 0.1) is 12.7 Å². The van der Waals surface area contributed by atoms with Crippen molar-refractivity contribution >= 4 is 5.69 Å². The topological polar surface area (TPSA) is 30.5 Å². The van der Waals surface area contributed by atoms with Crippen LogP contribution in [0.3, 0.4) is 0 Å². The van der Waals surface area contributed by atoms with E-state index in [4.69, 9.17) is 9.47 Å². The van der Waals surface area contributed by atoms with E-state index in [0.29, 0.717) is 0 Å². The lowest BCUT2D eigenvalue weighted by Gasteiger charge is -2.23. The third kappa shape index (κ3) is 3.18. The van der Waals surface area contributed by atoms with Crippen molar-refractivity contribution in [2.45, 2.75) is 26.2 Å². The number of nitrogens with one attached hydrogen (secondary N) is 1. The molecule has 1 N–H and O–H groups in total. The van der Waals surface area contributed by atoms with Gasteiger partial charge >= 0.3 is 0 Å². The van der Waals surface area contributed by atoms with Crippen LogP contribution in [-0.2, 0) is 9.47 Å². The number of halogens is 1. The van der Waals surface area contributed by atoms with E-state index < -0.39 is 0 Å². The van der Waals surface area contributed by atoms with Gasteiger partial charge < -0.3 is 14.8 Å². The highest BCUT2D eigenvalue weighted by Crippen LogP contribution is 2.17. The van der Waals surface area contributed by atoms with Gasteiger partial charge in [0.05, 0.1) is 6.04 Å². The monoisotopic (exact) mass is 227 g/mol. The molecule has 0 amide bonds. The summed E-state index contributed by atoms with van der Waals surface area (Å²) >= 11 is 0. The van der Waals surface area contributed by atoms with Gasteiger partial charge in [0, 0.05) is 19.9 Å². The van der Waals surface area contributed by atoms with Crippen LogP contribution in [0.5, 0.6) is 0 Å². The smallest absolute Gasteiger partial charge is 0.176 e. The molecule has 4 heteroatoms. The number of rotatable bonds is 5. The molecule has 16 heavy (non-hydrogen) atoms. The second-order valence-electron chi connectivity index (χ2n) is 3.73. The number of hydrogen-bond donors (Lipinski definition) is 1. The molecular weight excluding hydrogens is 209 g/mol. The normalized spacial score (nSPS) is 12.9. The van der Waals surface area contributed by atoms with Gasteiger partial charge in [-0.05, 0) is 37.6 Å². The van der Waals surface area contributed by atoms with Crippen LogP contribution < -0.4 is 5.32 Å². The van der Waals surface area contributed by atoms with Crippen molar-refractivity contribution in [1.82, 2.24) is 0 Å². The van der Waals surface area contributed by atoms with E-state index >= 15 is 0 Å². The fourth-order valence-corrected chi connectivity index (χ4v) is 1.61. The van der Waals surface area contributed by atoms with E-state index in [1.165, 1.54) is 12.1 Å². The Balaban J connectivity index is 2.72. The van der Waals surface area contributed by atoms with Gasteiger partial charge in [-0.15, -0.1) is 0 Å². The first-order valence-corrected chi connectivity index (χ1v) is 5.16. The molecule has 0 aliphatic carbocycles. The summed E-state index contributed by atoms with van der Waals surface area (Å²) in [4.78, 5) is 0. The molecule has 0 spiro atoms. The van der Waals surface area contributed by atoms with Crippen molar-refractivity contribution in [3.8, 4) is 0 Å². The molecule has 1 unspecified atom stereocenters. The van der Waals surface area contributed by atoms with Crippen molar-refractivity contribution in [2.24, 2.45) is 0 Å². The van der Waals surface area contributed by atoms with Crippen LogP contribution >= 0.6 is 0 Å². The molecule has 0 aliphatic heterocycles. The molecule has 0 saturated carbocycles. The Hall–Kier alpha value is -1.13. The Kier molecular flexibility index (Phi) is 4.71. The quantitative estimate of drug-likeness (QED) is 0.784. The number of hydrogen-bond acceptors (Lipinski definition) is 3. The van der Waals surface area contributed by atoms with E-state index in [9.17, 15) is 4.39 Å². The molecule has 0 bridgehead atoms. The van der Waals surface area contributed by atoms with Crippen LogP contribution in [0.15, 0.2) is 18.2 Å². The molecule has 0 fully saturated rings. The van der Waals surface area contributed by atoms with Gasteiger partial charge in [0.2, 0.25) is 0 Å². The molecule has 1 aromatic rings. The van der Waals surface area contributed by atoms with Crippen LogP contribution in [-0.4, -0.2) is 26.6 Å². The molecule has 3 nitrogen and oxygen atoms in total. The zero-order valence-electron chi connectivity index (χ0n) is 10.1. The lowest BCUT2D eigenvalue weighted by atomic mass is 10.1. The summed E-state index contributed by atoms with van der Waals surface area (Å²) in [5, 5.41) is 3.22. The second-order valence-corrected chi connectivity index (χ2v) is 3.73. The van der Waals surface area contributed by atoms with Gasteiger partial charge in [0.25, 0.3) is 0 Å². The Morgan fingerprint density at radius 3 is 2.38 bits per heavy atom. The number of ether oxygens (including phenoxy) is 2. The fourth-order valence-electron chi connectivity index (χ4n) is 1.61. The van der Waals surface area contributed by atoms with Gasteiger partial charge in [-0.3, -0.25) is 0 Å². The van der Waals surface area contributed by atoms with Gasteiger partial charge in [-0.25, -0.2) is 4.39 Å². The fraction of sp³-hybridized carbons (Fsp3) is 0.500. The Morgan fingerprint density at radius 2 is 1.88 bits per heavy atom. The zero-order chi connectivity index (χ0) is 12.1. The lowest BCUT2D eigenvalue weighted by molar-refractivity contribution is -0.109. The molecule has 0 heterocycles. The van der Waals surface area contributed by atoms with Crippen LogP contribution in [0.1, 0.15) is 12.5 Å².